The van der Waals surface area contributed by atoms with Crippen molar-refractivity contribution >= 4 is 21.7 Å². The minimum absolute atomic E-state index is 0.802. The summed E-state index contributed by atoms with van der Waals surface area (Å²) in [6.45, 7) is 6.99. The number of piperidine rings is 2. The second kappa shape index (κ2) is 6.44. The molecule has 2 fully saturated rings. The van der Waals surface area contributed by atoms with Gasteiger partial charge in [-0.15, -0.1) is 0 Å². The summed E-state index contributed by atoms with van der Waals surface area (Å²) in [7, 11) is 0. The molecule has 0 aromatic carbocycles. The van der Waals surface area contributed by atoms with Gasteiger partial charge in [0.2, 0.25) is 0 Å². The Labute approximate surface area is 130 Å². The molecule has 0 unspecified atom stereocenters. The second-order valence-electron chi connectivity index (χ2n) is 6.13. The Kier molecular flexibility index (Phi) is 4.61. The highest BCUT2D eigenvalue weighted by molar-refractivity contribution is 9.10. The number of rotatable bonds is 2. The van der Waals surface area contributed by atoms with E-state index in [9.17, 15) is 0 Å². The molecule has 2 saturated heterocycles. The van der Waals surface area contributed by atoms with E-state index in [1.807, 2.05) is 6.20 Å². The quantitative estimate of drug-likeness (QED) is 0.821. The van der Waals surface area contributed by atoms with Crippen LogP contribution in [0, 0.1) is 6.92 Å². The van der Waals surface area contributed by atoms with Crippen LogP contribution in [0.4, 0.5) is 5.82 Å². The van der Waals surface area contributed by atoms with Gasteiger partial charge in [0.05, 0.1) is 4.47 Å². The molecule has 3 rings (SSSR count). The Morgan fingerprint density at radius 3 is 2.45 bits per heavy atom. The fourth-order valence-electron chi connectivity index (χ4n) is 3.49. The summed E-state index contributed by atoms with van der Waals surface area (Å²) >= 11 is 3.66. The topological polar surface area (TPSA) is 19.4 Å². The molecule has 3 nitrogen and oxygen atoms in total. The molecule has 0 N–H and O–H groups in total. The van der Waals surface area contributed by atoms with Crippen molar-refractivity contribution in [3.05, 3.63) is 22.3 Å². The van der Waals surface area contributed by atoms with Crippen LogP contribution in [0.3, 0.4) is 0 Å². The van der Waals surface area contributed by atoms with E-state index in [4.69, 9.17) is 0 Å². The van der Waals surface area contributed by atoms with Crippen LogP contribution >= 0.6 is 15.9 Å². The minimum atomic E-state index is 0.802. The summed E-state index contributed by atoms with van der Waals surface area (Å²) in [6, 6.07) is 2.97. The maximum absolute atomic E-state index is 4.60. The van der Waals surface area contributed by atoms with Gasteiger partial charge in [0.15, 0.2) is 0 Å². The Balaban J connectivity index is 1.60. The van der Waals surface area contributed by atoms with Crippen molar-refractivity contribution in [1.82, 2.24) is 9.88 Å². The SMILES string of the molecule is Cc1cnc(N2CCC(N3CCCCC3)CC2)c(Br)c1. The van der Waals surface area contributed by atoms with E-state index >= 15 is 0 Å². The molecule has 3 heterocycles. The van der Waals surface area contributed by atoms with Gasteiger partial charge in [-0.2, -0.15) is 0 Å². The van der Waals surface area contributed by atoms with Crippen molar-refractivity contribution in [1.29, 1.82) is 0 Å². The maximum atomic E-state index is 4.60. The number of likely N-dealkylation sites (tertiary alicyclic amines) is 1. The van der Waals surface area contributed by atoms with E-state index in [-0.39, 0.29) is 0 Å². The molecule has 2 aliphatic heterocycles. The highest BCUT2D eigenvalue weighted by Crippen LogP contribution is 2.28. The largest absolute Gasteiger partial charge is 0.356 e. The first-order chi connectivity index (χ1) is 9.74. The van der Waals surface area contributed by atoms with Gasteiger partial charge in [0.1, 0.15) is 5.82 Å². The summed E-state index contributed by atoms with van der Waals surface area (Å²) in [5.74, 6) is 1.12. The van der Waals surface area contributed by atoms with Crippen LogP contribution in [-0.4, -0.2) is 42.1 Å². The average molecular weight is 338 g/mol. The standard InChI is InChI=1S/C16H24BrN3/c1-13-11-15(17)16(18-12-13)20-9-5-14(6-10-20)19-7-3-2-4-8-19/h11-12,14H,2-10H2,1H3. The van der Waals surface area contributed by atoms with Crippen molar-refractivity contribution < 1.29 is 0 Å². The van der Waals surface area contributed by atoms with Gasteiger partial charge in [-0.25, -0.2) is 4.98 Å². The third kappa shape index (κ3) is 3.17. The number of aryl methyl sites for hydroxylation is 1. The van der Waals surface area contributed by atoms with Crippen LogP contribution in [0.15, 0.2) is 16.7 Å². The van der Waals surface area contributed by atoms with Crippen LogP contribution in [-0.2, 0) is 0 Å². The summed E-state index contributed by atoms with van der Waals surface area (Å²) < 4.78 is 1.13. The van der Waals surface area contributed by atoms with E-state index in [0.29, 0.717) is 0 Å². The first-order valence-corrected chi connectivity index (χ1v) is 8.64. The molecule has 0 spiro atoms. The van der Waals surface area contributed by atoms with Gasteiger partial charge in [-0.3, -0.25) is 0 Å². The van der Waals surface area contributed by atoms with Gasteiger partial charge >= 0.3 is 0 Å². The van der Waals surface area contributed by atoms with Crippen molar-refractivity contribution in [2.75, 3.05) is 31.1 Å². The zero-order chi connectivity index (χ0) is 13.9. The highest BCUT2D eigenvalue weighted by Gasteiger charge is 2.26. The lowest BCUT2D eigenvalue weighted by Gasteiger charge is -2.40. The molecule has 0 atom stereocenters. The number of halogens is 1. The lowest BCUT2D eigenvalue weighted by molar-refractivity contribution is 0.141. The number of hydrogen-bond donors (Lipinski definition) is 0. The number of pyridine rings is 1. The van der Waals surface area contributed by atoms with Gasteiger partial charge in [0, 0.05) is 25.3 Å². The third-order valence-corrected chi connectivity index (χ3v) is 5.21. The zero-order valence-electron chi connectivity index (χ0n) is 12.3. The highest BCUT2D eigenvalue weighted by atomic mass is 79.9. The van der Waals surface area contributed by atoms with Crippen LogP contribution in [0.2, 0.25) is 0 Å². The van der Waals surface area contributed by atoms with Crippen molar-refractivity contribution in [3.8, 4) is 0 Å². The van der Waals surface area contributed by atoms with Crippen molar-refractivity contribution in [3.63, 3.8) is 0 Å². The Morgan fingerprint density at radius 1 is 1.10 bits per heavy atom. The number of nitrogens with zero attached hydrogens (tertiary/aromatic N) is 3. The summed E-state index contributed by atoms with van der Waals surface area (Å²) in [6.07, 6.45) is 8.74. The fourth-order valence-corrected chi connectivity index (χ4v) is 4.20. The van der Waals surface area contributed by atoms with Gasteiger partial charge in [0.25, 0.3) is 0 Å². The third-order valence-electron chi connectivity index (χ3n) is 4.63. The predicted octanol–water partition coefficient (Wildman–Crippen LogP) is 3.61. The molecule has 1 aromatic rings. The minimum Gasteiger partial charge on any atom is -0.356 e. The molecule has 2 aliphatic rings. The molecule has 4 heteroatoms. The molecular formula is C16H24BrN3. The van der Waals surface area contributed by atoms with Crippen LogP contribution < -0.4 is 4.90 Å². The first-order valence-electron chi connectivity index (χ1n) is 7.85. The first kappa shape index (κ1) is 14.3. The average Bonchev–Trinajstić information content (AvgIpc) is 2.48. The predicted molar refractivity (Wildman–Crippen MR) is 87.3 cm³/mol. The Hall–Kier alpha value is -0.610. The van der Waals surface area contributed by atoms with E-state index in [2.05, 4.69) is 43.7 Å². The molecule has 0 aliphatic carbocycles. The molecule has 0 amide bonds. The van der Waals surface area contributed by atoms with Gasteiger partial charge in [-0.1, -0.05) is 6.42 Å². The summed E-state index contributed by atoms with van der Waals surface area (Å²) in [5, 5.41) is 0. The zero-order valence-corrected chi connectivity index (χ0v) is 13.9. The lowest BCUT2D eigenvalue weighted by Crippen LogP contribution is -2.47. The molecule has 110 valence electrons. The molecule has 1 aromatic heterocycles. The van der Waals surface area contributed by atoms with E-state index in [1.165, 1.54) is 50.8 Å². The Morgan fingerprint density at radius 2 is 1.80 bits per heavy atom. The van der Waals surface area contributed by atoms with Crippen molar-refractivity contribution in [2.45, 2.75) is 45.1 Å². The van der Waals surface area contributed by atoms with Crippen molar-refractivity contribution in [2.24, 2.45) is 0 Å². The second-order valence-corrected chi connectivity index (χ2v) is 6.99. The molecule has 20 heavy (non-hydrogen) atoms. The molecular weight excluding hydrogens is 314 g/mol. The number of anilines is 1. The summed E-state index contributed by atoms with van der Waals surface area (Å²) in [4.78, 5) is 9.76. The molecule has 0 bridgehead atoms. The smallest absolute Gasteiger partial charge is 0.142 e. The molecule has 0 radical (unpaired) electrons. The summed E-state index contributed by atoms with van der Waals surface area (Å²) in [5.41, 5.74) is 1.21. The number of aromatic nitrogens is 1. The van der Waals surface area contributed by atoms with Gasteiger partial charge in [-0.05, 0) is 73.3 Å². The fraction of sp³-hybridized carbons (Fsp3) is 0.688. The Bertz CT molecular complexity index is 449. The normalized spacial score (nSPS) is 22.2. The van der Waals surface area contributed by atoms with Gasteiger partial charge < -0.3 is 9.80 Å². The maximum Gasteiger partial charge on any atom is 0.142 e. The monoisotopic (exact) mass is 337 g/mol. The number of hydrogen-bond acceptors (Lipinski definition) is 3. The van der Waals surface area contributed by atoms with Crippen LogP contribution in [0.5, 0.6) is 0 Å². The molecule has 0 saturated carbocycles. The van der Waals surface area contributed by atoms with E-state index in [0.717, 1.165) is 29.4 Å². The lowest BCUT2D eigenvalue weighted by atomic mass is 10.00. The van der Waals surface area contributed by atoms with Crippen LogP contribution in [0.25, 0.3) is 0 Å². The van der Waals surface area contributed by atoms with E-state index < -0.39 is 0 Å². The van der Waals surface area contributed by atoms with Crippen LogP contribution in [0.1, 0.15) is 37.7 Å². The van der Waals surface area contributed by atoms with E-state index in [1.54, 1.807) is 0 Å².